The van der Waals surface area contributed by atoms with Gasteiger partial charge in [-0.15, -0.1) is 0 Å². The van der Waals surface area contributed by atoms with E-state index in [2.05, 4.69) is 5.32 Å². The Kier molecular flexibility index (Phi) is 8.14. The van der Waals surface area contributed by atoms with Crippen molar-refractivity contribution in [2.45, 2.75) is 6.61 Å². The molecule has 0 radical (unpaired) electrons. The van der Waals surface area contributed by atoms with Crippen LogP contribution in [-0.4, -0.2) is 24.1 Å². The van der Waals surface area contributed by atoms with E-state index in [1.165, 1.54) is 31.4 Å². The highest BCUT2D eigenvalue weighted by Gasteiger charge is 2.13. The molecule has 0 aromatic heterocycles. The average molecular weight is 497 g/mol. The number of benzene rings is 3. The van der Waals surface area contributed by atoms with Gasteiger partial charge in [0.15, 0.2) is 11.5 Å². The topological polar surface area (TPSA) is 109 Å². The molecular weight excluding hydrogens is 479 g/mol. The third-order valence-corrected chi connectivity index (χ3v) is 5.19. The molecule has 0 aliphatic heterocycles. The molecule has 0 heterocycles. The van der Waals surface area contributed by atoms with Gasteiger partial charge in [-0.2, -0.15) is 5.26 Å². The molecule has 0 aliphatic rings. The van der Waals surface area contributed by atoms with Crippen molar-refractivity contribution in [3.63, 3.8) is 0 Å². The van der Waals surface area contributed by atoms with Gasteiger partial charge in [0.05, 0.1) is 23.4 Å². The van der Waals surface area contributed by atoms with E-state index in [1.54, 1.807) is 42.5 Å². The molecule has 1 amide bonds. The second kappa shape index (κ2) is 11.2. The molecule has 0 bridgehead atoms. The van der Waals surface area contributed by atoms with Crippen LogP contribution in [0.4, 0.5) is 5.69 Å². The second-order valence-electron chi connectivity index (χ2n) is 6.95. The molecule has 2 N–H and O–H groups in total. The maximum absolute atomic E-state index is 12.5. The molecule has 0 unspecified atom stereocenters. The lowest BCUT2D eigenvalue weighted by atomic mass is 10.1. The first-order valence-corrected chi connectivity index (χ1v) is 10.6. The Morgan fingerprint density at radius 3 is 2.41 bits per heavy atom. The van der Waals surface area contributed by atoms with Gasteiger partial charge in [0.2, 0.25) is 0 Å². The SMILES string of the molecule is COc1cc(C=C(C#N)C(=O)Nc2ccc(Cl)cc2Cl)ccc1OCc1ccc(C(=O)O)cc1. The van der Waals surface area contributed by atoms with E-state index in [9.17, 15) is 14.9 Å². The quantitative estimate of drug-likeness (QED) is 0.300. The number of hydrogen-bond acceptors (Lipinski definition) is 5. The van der Waals surface area contributed by atoms with E-state index in [0.717, 1.165) is 5.56 Å². The Morgan fingerprint density at radius 2 is 1.79 bits per heavy atom. The van der Waals surface area contributed by atoms with Crippen LogP contribution in [0.25, 0.3) is 6.08 Å². The van der Waals surface area contributed by atoms with Gasteiger partial charge < -0.3 is 19.9 Å². The number of methoxy groups -OCH3 is 1. The van der Waals surface area contributed by atoms with Gasteiger partial charge in [-0.1, -0.05) is 41.4 Å². The summed E-state index contributed by atoms with van der Waals surface area (Å²) >= 11 is 11.9. The highest BCUT2D eigenvalue weighted by atomic mass is 35.5. The van der Waals surface area contributed by atoms with Crippen molar-refractivity contribution < 1.29 is 24.2 Å². The molecule has 34 heavy (non-hydrogen) atoms. The van der Waals surface area contributed by atoms with Crippen molar-refractivity contribution in [1.82, 2.24) is 0 Å². The summed E-state index contributed by atoms with van der Waals surface area (Å²) in [6, 6.07) is 17.8. The number of halogens is 2. The average Bonchev–Trinajstić information content (AvgIpc) is 2.83. The van der Waals surface area contributed by atoms with Crippen LogP contribution in [0, 0.1) is 11.3 Å². The molecule has 3 rings (SSSR count). The summed E-state index contributed by atoms with van der Waals surface area (Å²) in [5.74, 6) is -0.789. The van der Waals surface area contributed by atoms with Crippen LogP contribution in [-0.2, 0) is 11.4 Å². The third kappa shape index (κ3) is 6.29. The van der Waals surface area contributed by atoms with Gasteiger partial charge in [-0.25, -0.2) is 4.79 Å². The van der Waals surface area contributed by atoms with Gasteiger partial charge in [0.25, 0.3) is 5.91 Å². The first-order valence-electron chi connectivity index (χ1n) is 9.82. The van der Waals surface area contributed by atoms with Crippen molar-refractivity contribution in [1.29, 1.82) is 5.26 Å². The van der Waals surface area contributed by atoms with Gasteiger partial charge in [-0.3, -0.25) is 4.79 Å². The Morgan fingerprint density at radius 1 is 1.06 bits per heavy atom. The third-order valence-electron chi connectivity index (χ3n) is 4.64. The number of rotatable bonds is 8. The molecule has 0 saturated carbocycles. The monoisotopic (exact) mass is 496 g/mol. The standard InChI is InChI=1S/C25H18Cl2N2O5/c1-33-23-11-16(4-9-22(23)34-14-15-2-5-17(6-3-15)25(31)32)10-18(13-28)24(30)29-21-8-7-19(26)12-20(21)27/h2-12H,14H2,1H3,(H,29,30)(H,31,32). The number of hydrogen-bond donors (Lipinski definition) is 2. The van der Waals surface area contributed by atoms with Crippen LogP contribution < -0.4 is 14.8 Å². The molecule has 3 aromatic carbocycles. The summed E-state index contributed by atoms with van der Waals surface area (Å²) in [4.78, 5) is 23.5. The highest BCUT2D eigenvalue weighted by molar-refractivity contribution is 6.36. The van der Waals surface area contributed by atoms with Crippen molar-refractivity contribution >= 4 is 46.8 Å². The van der Waals surface area contributed by atoms with E-state index >= 15 is 0 Å². The van der Waals surface area contributed by atoms with E-state index in [1.807, 2.05) is 6.07 Å². The van der Waals surface area contributed by atoms with E-state index < -0.39 is 11.9 Å². The molecule has 172 valence electrons. The maximum Gasteiger partial charge on any atom is 0.335 e. The largest absolute Gasteiger partial charge is 0.493 e. The molecule has 3 aromatic rings. The van der Waals surface area contributed by atoms with Crippen LogP contribution in [0.2, 0.25) is 10.0 Å². The summed E-state index contributed by atoms with van der Waals surface area (Å²) in [6.07, 6.45) is 1.41. The zero-order valence-corrected chi connectivity index (χ0v) is 19.4. The second-order valence-corrected chi connectivity index (χ2v) is 7.79. The first-order chi connectivity index (χ1) is 16.3. The van der Waals surface area contributed by atoms with Crippen LogP contribution in [0.5, 0.6) is 11.5 Å². The number of carbonyl (C=O) groups excluding carboxylic acids is 1. The number of carboxylic acids is 1. The molecular formula is C25H18Cl2N2O5. The van der Waals surface area contributed by atoms with E-state index in [4.69, 9.17) is 37.8 Å². The summed E-state index contributed by atoms with van der Waals surface area (Å²) in [5.41, 5.74) is 1.70. The van der Waals surface area contributed by atoms with Crippen LogP contribution in [0.3, 0.4) is 0 Å². The fraction of sp³-hybridized carbons (Fsp3) is 0.0800. The van der Waals surface area contributed by atoms with Crippen LogP contribution in [0.1, 0.15) is 21.5 Å². The van der Waals surface area contributed by atoms with Crippen molar-refractivity contribution in [3.05, 3.63) is 93.0 Å². The first kappa shape index (κ1) is 24.6. The van der Waals surface area contributed by atoms with E-state index in [-0.39, 0.29) is 22.8 Å². The predicted octanol–water partition coefficient (Wildman–Crippen LogP) is 5.82. The fourth-order valence-electron chi connectivity index (χ4n) is 2.89. The summed E-state index contributed by atoms with van der Waals surface area (Å²) in [7, 11) is 1.47. The van der Waals surface area contributed by atoms with Gasteiger partial charge in [-0.05, 0) is 59.7 Å². The molecule has 7 nitrogen and oxygen atoms in total. The zero-order valence-electron chi connectivity index (χ0n) is 17.8. The Labute approximate surface area is 205 Å². The predicted molar refractivity (Wildman–Crippen MR) is 129 cm³/mol. The molecule has 0 atom stereocenters. The van der Waals surface area contributed by atoms with Crippen molar-refractivity contribution in [2.24, 2.45) is 0 Å². The van der Waals surface area contributed by atoms with Gasteiger partial charge in [0, 0.05) is 5.02 Å². The lowest BCUT2D eigenvalue weighted by Crippen LogP contribution is -2.13. The van der Waals surface area contributed by atoms with Crippen LogP contribution >= 0.6 is 23.2 Å². The highest BCUT2D eigenvalue weighted by Crippen LogP contribution is 2.30. The fourth-order valence-corrected chi connectivity index (χ4v) is 3.35. The minimum atomic E-state index is -1.00. The Hall–Kier alpha value is -3.99. The summed E-state index contributed by atoms with van der Waals surface area (Å²) in [5, 5.41) is 21.7. The Bertz CT molecular complexity index is 1300. The molecule has 0 spiro atoms. The smallest absolute Gasteiger partial charge is 0.335 e. The number of nitrogens with one attached hydrogen (secondary N) is 1. The number of nitriles is 1. The van der Waals surface area contributed by atoms with Gasteiger partial charge >= 0.3 is 5.97 Å². The maximum atomic E-state index is 12.5. The molecule has 0 aliphatic carbocycles. The number of ether oxygens (including phenoxy) is 2. The molecule has 0 saturated heterocycles. The normalized spacial score (nSPS) is 10.8. The Balaban J connectivity index is 1.74. The van der Waals surface area contributed by atoms with E-state index in [0.29, 0.717) is 27.8 Å². The number of amides is 1. The van der Waals surface area contributed by atoms with Crippen LogP contribution in [0.15, 0.2) is 66.2 Å². The summed E-state index contributed by atoms with van der Waals surface area (Å²) < 4.78 is 11.2. The van der Waals surface area contributed by atoms with Gasteiger partial charge in [0.1, 0.15) is 18.2 Å². The number of anilines is 1. The minimum absolute atomic E-state index is 0.139. The van der Waals surface area contributed by atoms with Crippen molar-refractivity contribution in [2.75, 3.05) is 12.4 Å². The molecule has 9 heteroatoms. The number of carbonyl (C=O) groups is 2. The summed E-state index contributed by atoms with van der Waals surface area (Å²) in [6.45, 7) is 0.194. The number of aromatic carboxylic acids is 1. The lowest BCUT2D eigenvalue weighted by molar-refractivity contribution is -0.112. The lowest BCUT2D eigenvalue weighted by Gasteiger charge is -2.12. The number of nitrogens with zero attached hydrogens (tertiary/aromatic N) is 1. The minimum Gasteiger partial charge on any atom is -0.493 e. The molecule has 0 fully saturated rings. The zero-order chi connectivity index (χ0) is 24.7. The number of carboxylic acid groups (broad SMARTS) is 1. The van der Waals surface area contributed by atoms with Crippen molar-refractivity contribution in [3.8, 4) is 17.6 Å².